The third-order valence-electron chi connectivity index (χ3n) is 9.06. The molecule has 8 nitrogen and oxygen atoms in total. The monoisotopic (exact) mass is 517 g/mol. The largest absolute Gasteiger partial charge is 0.493 e. The minimum absolute atomic E-state index is 0.00694. The van der Waals surface area contributed by atoms with Gasteiger partial charge in [0.25, 0.3) is 11.8 Å². The summed E-state index contributed by atoms with van der Waals surface area (Å²) < 4.78 is 5.77. The van der Waals surface area contributed by atoms with E-state index >= 15 is 0 Å². The van der Waals surface area contributed by atoms with Crippen molar-refractivity contribution in [2.75, 3.05) is 31.1 Å². The molecule has 2 amide bonds. The van der Waals surface area contributed by atoms with Gasteiger partial charge in [0.15, 0.2) is 0 Å². The standard InChI is InChI=1S/C30H39N5O3/c1-3-34-13-10-22(11-14-34)32-29(36)21-5-9-27(31-18-21)35-24-6-7-25(35)17-23(16-24)33-30(37)26-8-4-20-12-15-38-28(20)19(26)2/h4-5,8-9,18,22-25H,3,6-7,10-17H2,1-2H3,(H,32,36)(H,33,37)/t23-,24+,25-. The number of ether oxygens (including phenoxy) is 1. The molecule has 202 valence electrons. The Balaban J connectivity index is 1.06. The molecular weight excluding hydrogens is 478 g/mol. The van der Waals surface area contributed by atoms with Crippen molar-refractivity contribution in [3.8, 4) is 5.75 Å². The first-order chi connectivity index (χ1) is 18.5. The molecule has 2 N–H and O–H groups in total. The van der Waals surface area contributed by atoms with E-state index in [1.54, 1.807) is 6.20 Å². The van der Waals surface area contributed by atoms with Gasteiger partial charge in [-0.05, 0) is 75.8 Å². The molecule has 3 fully saturated rings. The molecule has 3 atom stereocenters. The van der Waals surface area contributed by atoms with Crippen LogP contribution in [0.3, 0.4) is 0 Å². The normalized spacial score (nSPS) is 25.1. The van der Waals surface area contributed by atoms with Crippen molar-refractivity contribution >= 4 is 17.6 Å². The third-order valence-corrected chi connectivity index (χ3v) is 9.06. The van der Waals surface area contributed by atoms with Gasteiger partial charge >= 0.3 is 0 Å². The van der Waals surface area contributed by atoms with Crippen LogP contribution in [0.2, 0.25) is 0 Å². The van der Waals surface area contributed by atoms with Crippen molar-refractivity contribution in [2.45, 2.75) is 83.0 Å². The van der Waals surface area contributed by atoms with Crippen LogP contribution in [0.15, 0.2) is 30.5 Å². The van der Waals surface area contributed by atoms with Crippen molar-refractivity contribution in [3.05, 3.63) is 52.7 Å². The van der Waals surface area contributed by atoms with Gasteiger partial charge in [0.1, 0.15) is 11.6 Å². The number of aromatic nitrogens is 1. The Hall–Kier alpha value is -3.13. The lowest BCUT2D eigenvalue weighted by molar-refractivity contribution is 0.0908. The molecular formula is C30H39N5O3. The quantitative estimate of drug-likeness (QED) is 0.610. The van der Waals surface area contributed by atoms with Crippen LogP contribution in [0.4, 0.5) is 5.82 Å². The van der Waals surface area contributed by atoms with Gasteiger partial charge in [0.05, 0.1) is 12.2 Å². The fourth-order valence-electron chi connectivity index (χ4n) is 6.92. The van der Waals surface area contributed by atoms with Crippen LogP contribution in [-0.4, -0.2) is 72.1 Å². The maximum Gasteiger partial charge on any atom is 0.253 e. The molecule has 2 bridgehead atoms. The fraction of sp³-hybridized carbons (Fsp3) is 0.567. The molecule has 6 rings (SSSR count). The molecule has 4 aliphatic heterocycles. The summed E-state index contributed by atoms with van der Waals surface area (Å²) in [6, 6.07) is 8.95. The van der Waals surface area contributed by atoms with E-state index in [2.05, 4.69) is 27.4 Å². The minimum Gasteiger partial charge on any atom is -0.493 e. The summed E-state index contributed by atoms with van der Waals surface area (Å²) in [6.07, 6.45) is 8.65. The highest BCUT2D eigenvalue weighted by Gasteiger charge is 2.42. The van der Waals surface area contributed by atoms with Crippen molar-refractivity contribution in [1.82, 2.24) is 20.5 Å². The highest BCUT2D eigenvalue weighted by Crippen LogP contribution is 2.39. The molecule has 0 unspecified atom stereocenters. The Morgan fingerprint density at radius 3 is 2.39 bits per heavy atom. The number of nitrogens with zero attached hydrogens (tertiary/aromatic N) is 3. The first-order valence-corrected chi connectivity index (χ1v) is 14.3. The number of piperidine rings is 2. The van der Waals surface area contributed by atoms with Crippen LogP contribution in [0, 0.1) is 6.92 Å². The SMILES string of the molecule is CCN1CCC(NC(=O)c2ccc(N3[C@@H]4CC[C@H]3C[C@@H](NC(=O)c3ccc5c(c3C)OCC5)C4)nc2)CC1. The molecule has 0 aliphatic carbocycles. The van der Waals surface area contributed by atoms with Gasteiger partial charge in [-0.15, -0.1) is 0 Å². The molecule has 1 aromatic heterocycles. The summed E-state index contributed by atoms with van der Waals surface area (Å²) in [5, 5.41) is 6.51. The number of rotatable bonds is 6. The van der Waals surface area contributed by atoms with Gasteiger partial charge < -0.3 is 25.2 Å². The topological polar surface area (TPSA) is 86.8 Å². The number of likely N-dealkylation sites (tertiary alicyclic amines) is 1. The Morgan fingerprint density at radius 2 is 1.71 bits per heavy atom. The van der Waals surface area contributed by atoms with Gasteiger partial charge in [-0.2, -0.15) is 0 Å². The van der Waals surface area contributed by atoms with Crippen molar-refractivity contribution in [2.24, 2.45) is 0 Å². The van der Waals surface area contributed by atoms with Gasteiger partial charge in [0.2, 0.25) is 0 Å². The van der Waals surface area contributed by atoms with E-state index < -0.39 is 0 Å². The third kappa shape index (κ3) is 4.86. The average molecular weight is 518 g/mol. The lowest BCUT2D eigenvalue weighted by Crippen LogP contribution is -2.51. The molecule has 3 saturated heterocycles. The summed E-state index contributed by atoms with van der Waals surface area (Å²) in [4.78, 5) is 35.5. The molecule has 5 heterocycles. The zero-order valence-corrected chi connectivity index (χ0v) is 22.5. The minimum atomic E-state index is -0.0318. The van der Waals surface area contributed by atoms with Gasteiger partial charge in [0, 0.05) is 61.0 Å². The smallest absolute Gasteiger partial charge is 0.253 e. The lowest BCUT2D eigenvalue weighted by Gasteiger charge is -2.40. The molecule has 0 saturated carbocycles. The van der Waals surface area contributed by atoms with Gasteiger partial charge in [-0.3, -0.25) is 9.59 Å². The van der Waals surface area contributed by atoms with Crippen LogP contribution in [0.25, 0.3) is 0 Å². The van der Waals surface area contributed by atoms with E-state index in [0.717, 1.165) is 81.7 Å². The predicted octanol–water partition coefficient (Wildman–Crippen LogP) is 3.47. The number of hydrogen-bond acceptors (Lipinski definition) is 6. The number of fused-ring (bicyclic) bond motifs is 3. The van der Waals surface area contributed by atoms with E-state index in [4.69, 9.17) is 9.72 Å². The number of carbonyl (C=O) groups excluding carboxylic acids is 2. The molecule has 4 aliphatic rings. The molecule has 1 aromatic carbocycles. The summed E-state index contributed by atoms with van der Waals surface area (Å²) in [7, 11) is 0. The summed E-state index contributed by atoms with van der Waals surface area (Å²) in [5.41, 5.74) is 3.47. The van der Waals surface area contributed by atoms with E-state index in [0.29, 0.717) is 29.8 Å². The zero-order valence-electron chi connectivity index (χ0n) is 22.5. The second kappa shape index (κ2) is 10.6. The summed E-state index contributed by atoms with van der Waals surface area (Å²) in [5.74, 6) is 1.78. The number of pyridine rings is 1. The molecule has 0 spiro atoms. The van der Waals surface area contributed by atoms with Crippen molar-refractivity contribution in [3.63, 3.8) is 0 Å². The van der Waals surface area contributed by atoms with Crippen molar-refractivity contribution in [1.29, 1.82) is 0 Å². The molecule has 8 heteroatoms. The summed E-state index contributed by atoms with van der Waals surface area (Å²) in [6.45, 7) is 8.01. The first-order valence-electron chi connectivity index (χ1n) is 14.3. The highest BCUT2D eigenvalue weighted by molar-refractivity contribution is 5.97. The number of nitrogens with one attached hydrogen (secondary N) is 2. The average Bonchev–Trinajstić information content (AvgIpc) is 3.52. The Kier molecular flexibility index (Phi) is 6.99. The van der Waals surface area contributed by atoms with Crippen LogP contribution in [-0.2, 0) is 6.42 Å². The summed E-state index contributed by atoms with van der Waals surface area (Å²) >= 11 is 0. The number of amides is 2. The Morgan fingerprint density at radius 1 is 0.974 bits per heavy atom. The van der Waals surface area contributed by atoms with Crippen molar-refractivity contribution < 1.29 is 14.3 Å². The lowest BCUT2D eigenvalue weighted by atomic mass is 9.96. The molecule has 38 heavy (non-hydrogen) atoms. The number of benzene rings is 1. The molecule has 2 aromatic rings. The predicted molar refractivity (Wildman–Crippen MR) is 147 cm³/mol. The number of anilines is 1. The second-order valence-electron chi connectivity index (χ2n) is 11.3. The van der Waals surface area contributed by atoms with E-state index in [-0.39, 0.29) is 23.9 Å². The molecule has 0 radical (unpaired) electrons. The Labute approximate surface area is 225 Å². The highest BCUT2D eigenvalue weighted by atomic mass is 16.5. The van der Waals surface area contributed by atoms with Gasteiger partial charge in [-0.25, -0.2) is 4.98 Å². The van der Waals surface area contributed by atoms with E-state index in [1.165, 1.54) is 5.56 Å². The van der Waals surface area contributed by atoms with Crippen LogP contribution < -0.4 is 20.3 Å². The number of carbonyl (C=O) groups is 2. The second-order valence-corrected chi connectivity index (χ2v) is 11.3. The maximum atomic E-state index is 13.2. The van der Waals surface area contributed by atoms with E-state index in [1.807, 2.05) is 31.2 Å². The fourth-order valence-corrected chi connectivity index (χ4v) is 6.92. The zero-order chi connectivity index (χ0) is 26.2. The van der Waals surface area contributed by atoms with Crippen LogP contribution in [0.5, 0.6) is 5.75 Å². The first kappa shape index (κ1) is 25.2. The van der Waals surface area contributed by atoms with E-state index in [9.17, 15) is 9.59 Å². The Bertz CT molecular complexity index is 1180. The van der Waals surface area contributed by atoms with Gasteiger partial charge in [-0.1, -0.05) is 13.0 Å². The van der Waals surface area contributed by atoms with Crippen LogP contribution >= 0.6 is 0 Å². The van der Waals surface area contributed by atoms with Crippen LogP contribution in [0.1, 0.15) is 77.3 Å². The maximum absolute atomic E-state index is 13.2. The number of hydrogen-bond donors (Lipinski definition) is 2.